The first-order valence-corrected chi connectivity index (χ1v) is 11.9. The van der Waals surface area contributed by atoms with Gasteiger partial charge in [-0.1, -0.05) is 60.7 Å². The van der Waals surface area contributed by atoms with E-state index in [1.807, 2.05) is 0 Å². The van der Waals surface area contributed by atoms with Crippen LogP contribution in [-0.2, 0) is 25.6 Å². The lowest BCUT2D eigenvalue weighted by Gasteiger charge is -2.38. The number of carbonyl (C=O) groups is 4. The molecular weight excluding hydrogens is 492 g/mol. The van der Waals surface area contributed by atoms with E-state index in [2.05, 4.69) is 77.5 Å². The van der Waals surface area contributed by atoms with Crippen molar-refractivity contribution in [2.24, 2.45) is 0 Å². The van der Waals surface area contributed by atoms with E-state index in [1.165, 1.54) is 43.7 Å². The molecule has 0 aliphatic carbocycles. The number of benzene rings is 2. The Bertz CT molecular complexity index is 997. The Morgan fingerprint density at radius 3 is 1.47 bits per heavy atom. The number of likely N-dealkylation sites (N-methyl/N-ethyl adjacent to an activating group) is 1. The molecule has 0 amide bonds. The number of aliphatic carboxylic acids is 4. The van der Waals surface area contributed by atoms with E-state index < -0.39 is 23.9 Å². The van der Waals surface area contributed by atoms with Crippen molar-refractivity contribution in [3.8, 4) is 0 Å². The summed E-state index contributed by atoms with van der Waals surface area (Å²) < 4.78 is 0. The molecule has 1 unspecified atom stereocenters. The number of hydrogen-bond acceptors (Lipinski definition) is 6. The van der Waals surface area contributed by atoms with Crippen LogP contribution in [0.5, 0.6) is 0 Å². The van der Waals surface area contributed by atoms with E-state index in [9.17, 15) is 19.2 Å². The van der Waals surface area contributed by atoms with Gasteiger partial charge >= 0.3 is 23.9 Å². The third-order valence-corrected chi connectivity index (χ3v) is 5.45. The Kier molecular flexibility index (Phi) is 15.1. The minimum absolute atomic E-state index is 0.537. The second-order valence-corrected chi connectivity index (χ2v) is 8.31. The van der Waals surface area contributed by atoms with Crippen molar-refractivity contribution in [2.45, 2.75) is 18.9 Å². The number of nitrogens with zero attached hydrogens (tertiary/aromatic N) is 2. The average molecular weight is 527 g/mol. The second-order valence-electron chi connectivity index (χ2n) is 8.31. The van der Waals surface area contributed by atoms with E-state index in [0.29, 0.717) is 30.3 Å². The normalized spacial score (nSPS) is 14.6. The molecule has 1 aliphatic rings. The van der Waals surface area contributed by atoms with Gasteiger partial charge < -0.3 is 25.3 Å². The van der Waals surface area contributed by atoms with Crippen molar-refractivity contribution in [1.29, 1.82) is 0 Å². The van der Waals surface area contributed by atoms with Crippen molar-refractivity contribution in [3.63, 3.8) is 0 Å². The summed E-state index contributed by atoms with van der Waals surface area (Å²) in [5.41, 5.74) is 2.90. The minimum Gasteiger partial charge on any atom is -0.478 e. The Labute approximate surface area is 221 Å². The first-order valence-electron chi connectivity index (χ1n) is 11.9. The molecule has 1 fully saturated rings. The molecule has 0 radical (unpaired) electrons. The number of piperazine rings is 1. The third-order valence-electron chi connectivity index (χ3n) is 5.45. The average Bonchev–Trinajstić information content (AvgIpc) is 2.89. The third kappa shape index (κ3) is 15.0. The molecule has 0 bridgehead atoms. The van der Waals surface area contributed by atoms with Crippen LogP contribution < -0.4 is 0 Å². The molecule has 1 aliphatic heterocycles. The molecule has 0 aromatic heterocycles. The van der Waals surface area contributed by atoms with E-state index >= 15 is 0 Å². The highest BCUT2D eigenvalue weighted by Gasteiger charge is 2.23. The minimum atomic E-state index is -1.26. The SMILES string of the molecule is CN1CCN(C(CCc2ccccc2)c2ccccc2)CC1.O=C(O)/C=C/C(=O)O.O=C(O)/C=C/C(=O)O. The maximum Gasteiger partial charge on any atom is 0.328 e. The highest BCUT2D eigenvalue weighted by molar-refractivity contribution is 5.90. The summed E-state index contributed by atoms with van der Waals surface area (Å²) in [7, 11) is 2.22. The van der Waals surface area contributed by atoms with Gasteiger partial charge in [0.05, 0.1) is 0 Å². The van der Waals surface area contributed by atoms with Crippen molar-refractivity contribution in [3.05, 3.63) is 96.1 Å². The molecular formula is C28H34N2O8. The molecule has 38 heavy (non-hydrogen) atoms. The molecule has 2 aromatic rings. The van der Waals surface area contributed by atoms with Gasteiger partial charge in [0, 0.05) is 56.5 Å². The van der Waals surface area contributed by atoms with Crippen LogP contribution in [0, 0.1) is 0 Å². The quantitative estimate of drug-likeness (QED) is 0.358. The highest BCUT2D eigenvalue weighted by atomic mass is 16.4. The van der Waals surface area contributed by atoms with Crippen molar-refractivity contribution >= 4 is 23.9 Å². The van der Waals surface area contributed by atoms with Gasteiger partial charge in [0.1, 0.15) is 0 Å². The topological polar surface area (TPSA) is 156 Å². The Morgan fingerprint density at radius 1 is 0.684 bits per heavy atom. The predicted octanol–water partition coefficient (Wildman–Crippen LogP) is 3.03. The molecule has 1 atom stereocenters. The van der Waals surface area contributed by atoms with Gasteiger partial charge in [-0.15, -0.1) is 0 Å². The van der Waals surface area contributed by atoms with Crippen LogP contribution in [0.2, 0.25) is 0 Å². The summed E-state index contributed by atoms with van der Waals surface area (Å²) in [5, 5.41) is 31.2. The van der Waals surface area contributed by atoms with Gasteiger partial charge in [-0.3, -0.25) is 4.90 Å². The molecule has 204 valence electrons. The van der Waals surface area contributed by atoms with Gasteiger partial charge in [-0.05, 0) is 31.0 Å². The number of aryl methyl sites for hydroxylation is 1. The van der Waals surface area contributed by atoms with Gasteiger partial charge in [0.2, 0.25) is 0 Å². The molecule has 4 N–H and O–H groups in total. The fraction of sp³-hybridized carbons (Fsp3) is 0.286. The fourth-order valence-electron chi connectivity index (χ4n) is 3.60. The molecule has 0 spiro atoms. The molecule has 0 saturated carbocycles. The zero-order chi connectivity index (χ0) is 28.3. The maximum atomic E-state index is 9.55. The predicted molar refractivity (Wildman–Crippen MR) is 142 cm³/mol. The zero-order valence-corrected chi connectivity index (χ0v) is 21.2. The maximum absolute atomic E-state index is 9.55. The van der Waals surface area contributed by atoms with Crippen LogP contribution in [0.3, 0.4) is 0 Å². The largest absolute Gasteiger partial charge is 0.478 e. The Hall–Kier alpha value is -4.28. The summed E-state index contributed by atoms with van der Waals surface area (Å²) in [6, 6.07) is 22.4. The molecule has 3 rings (SSSR count). The molecule has 1 heterocycles. The lowest BCUT2D eigenvalue weighted by atomic mass is 9.97. The monoisotopic (exact) mass is 526 g/mol. The van der Waals surface area contributed by atoms with Gasteiger partial charge in [0.25, 0.3) is 0 Å². The standard InChI is InChI=1S/C20H26N2.2C4H4O4/c1-21-14-16-22(17-15-21)20(19-10-6-3-7-11-19)13-12-18-8-4-2-5-9-18;2*5-3(6)1-2-4(7)8/h2-11,20H,12-17H2,1H3;2*1-2H,(H,5,6)(H,7,8)/b;2*2-1+. The first-order chi connectivity index (χ1) is 18.1. The summed E-state index contributed by atoms with van der Waals surface area (Å²) in [6.45, 7) is 4.69. The smallest absolute Gasteiger partial charge is 0.328 e. The zero-order valence-electron chi connectivity index (χ0n) is 21.2. The highest BCUT2D eigenvalue weighted by Crippen LogP contribution is 2.27. The Balaban J connectivity index is 0.000000374. The lowest BCUT2D eigenvalue weighted by molar-refractivity contribution is -0.134. The summed E-state index contributed by atoms with van der Waals surface area (Å²) in [4.78, 5) is 43.3. The summed E-state index contributed by atoms with van der Waals surface area (Å²) >= 11 is 0. The summed E-state index contributed by atoms with van der Waals surface area (Å²) in [5.74, 6) is -5.03. The van der Waals surface area contributed by atoms with Gasteiger partial charge in [0.15, 0.2) is 0 Å². The molecule has 10 heteroatoms. The fourth-order valence-corrected chi connectivity index (χ4v) is 3.60. The molecule has 10 nitrogen and oxygen atoms in total. The number of carboxylic acid groups (broad SMARTS) is 4. The Morgan fingerprint density at radius 2 is 1.08 bits per heavy atom. The van der Waals surface area contributed by atoms with Crippen molar-refractivity contribution in [2.75, 3.05) is 33.2 Å². The van der Waals surface area contributed by atoms with Gasteiger partial charge in [-0.2, -0.15) is 0 Å². The molecule has 2 aromatic carbocycles. The number of rotatable bonds is 9. The lowest BCUT2D eigenvalue weighted by Crippen LogP contribution is -2.46. The van der Waals surface area contributed by atoms with Crippen LogP contribution in [0.15, 0.2) is 85.0 Å². The van der Waals surface area contributed by atoms with Crippen LogP contribution in [0.25, 0.3) is 0 Å². The molecule has 1 saturated heterocycles. The van der Waals surface area contributed by atoms with Crippen LogP contribution >= 0.6 is 0 Å². The van der Waals surface area contributed by atoms with Crippen molar-refractivity contribution in [1.82, 2.24) is 9.80 Å². The van der Waals surface area contributed by atoms with E-state index in [4.69, 9.17) is 20.4 Å². The second kappa shape index (κ2) is 18.0. The van der Waals surface area contributed by atoms with Crippen molar-refractivity contribution < 1.29 is 39.6 Å². The van der Waals surface area contributed by atoms with Gasteiger partial charge in [-0.25, -0.2) is 19.2 Å². The number of carboxylic acids is 4. The van der Waals surface area contributed by atoms with Crippen LogP contribution in [0.4, 0.5) is 0 Å². The van der Waals surface area contributed by atoms with Crippen LogP contribution in [-0.4, -0.2) is 87.3 Å². The number of hydrogen-bond donors (Lipinski definition) is 4. The first kappa shape index (κ1) is 31.7. The van der Waals surface area contributed by atoms with E-state index in [-0.39, 0.29) is 0 Å². The summed E-state index contributed by atoms with van der Waals surface area (Å²) in [6.07, 6.45) is 4.57. The van der Waals surface area contributed by atoms with Crippen LogP contribution in [0.1, 0.15) is 23.6 Å². The van der Waals surface area contributed by atoms with E-state index in [0.717, 1.165) is 6.42 Å². The van der Waals surface area contributed by atoms with E-state index in [1.54, 1.807) is 0 Å².